The second kappa shape index (κ2) is 6.15. The van der Waals surface area contributed by atoms with Crippen LogP contribution in [0, 0.1) is 29.6 Å². The molecule has 0 aromatic carbocycles. The molecule has 120 valence electrons. The van der Waals surface area contributed by atoms with E-state index in [2.05, 4.69) is 17.6 Å². The first-order valence-electron chi connectivity index (χ1n) is 8.77. The van der Waals surface area contributed by atoms with Crippen LogP contribution in [0.2, 0.25) is 0 Å². The molecule has 2 bridgehead atoms. The molecule has 3 saturated carbocycles. The predicted molar refractivity (Wildman–Crippen MR) is 82.8 cm³/mol. The highest BCUT2D eigenvalue weighted by molar-refractivity contribution is 5.74. The molecule has 3 aliphatic carbocycles. The van der Waals surface area contributed by atoms with Crippen molar-refractivity contribution in [3.63, 3.8) is 0 Å². The zero-order valence-corrected chi connectivity index (χ0v) is 13.3. The van der Waals surface area contributed by atoms with Crippen LogP contribution >= 0.6 is 0 Å². The van der Waals surface area contributed by atoms with Gasteiger partial charge < -0.3 is 15.7 Å². The maximum Gasteiger partial charge on any atom is 0.315 e. The molecule has 3 N–H and O–H groups in total. The maximum atomic E-state index is 12.1. The molecule has 0 radical (unpaired) electrons. The second-order valence-electron chi connectivity index (χ2n) is 7.80. The van der Waals surface area contributed by atoms with Gasteiger partial charge in [0.1, 0.15) is 0 Å². The molecular weight excluding hydrogens is 264 g/mol. The second-order valence-corrected chi connectivity index (χ2v) is 7.80. The highest BCUT2D eigenvalue weighted by Crippen LogP contribution is 2.58. The average molecular weight is 294 g/mol. The van der Waals surface area contributed by atoms with Gasteiger partial charge in [0.05, 0.1) is 6.10 Å². The lowest BCUT2D eigenvalue weighted by Crippen LogP contribution is -2.47. The summed E-state index contributed by atoms with van der Waals surface area (Å²) in [5.74, 6) is 3.80. The number of fused-ring (bicyclic) bond motifs is 5. The molecule has 21 heavy (non-hydrogen) atoms. The van der Waals surface area contributed by atoms with Crippen molar-refractivity contribution in [2.75, 3.05) is 6.54 Å². The van der Waals surface area contributed by atoms with Gasteiger partial charge in [-0.2, -0.15) is 0 Å². The molecule has 0 heterocycles. The van der Waals surface area contributed by atoms with Crippen molar-refractivity contribution in [1.29, 1.82) is 0 Å². The smallest absolute Gasteiger partial charge is 0.315 e. The van der Waals surface area contributed by atoms with Crippen LogP contribution in [-0.2, 0) is 0 Å². The van der Waals surface area contributed by atoms with Gasteiger partial charge in [0.2, 0.25) is 0 Å². The lowest BCUT2D eigenvalue weighted by Gasteiger charge is -2.32. The fraction of sp³-hybridized carbons (Fsp3) is 0.941. The number of hydrogen-bond acceptors (Lipinski definition) is 2. The number of carbonyl (C=O) groups excluding carboxylic acids is 1. The number of amides is 2. The first-order valence-corrected chi connectivity index (χ1v) is 8.77. The van der Waals surface area contributed by atoms with Crippen molar-refractivity contribution >= 4 is 6.03 Å². The zero-order chi connectivity index (χ0) is 15.0. The highest BCUT2D eigenvalue weighted by Gasteiger charge is 2.53. The van der Waals surface area contributed by atoms with Crippen LogP contribution in [0.4, 0.5) is 4.79 Å². The van der Waals surface area contributed by atoms with Crippen molar-refractivity contribution in [2.24, 2.45) is 29.6 Å². The van der Waals surface area contributed by atoms with E-state index in [9.17, 15) is 9.90 Å². The molecule has 0 aliphatic heterocycles. The summed E-state index contributed by atoms with van der Waals surface area (Å²) >= 11 is 0. The largest absolute Gasteiger partial charge is 0.393 e. The fourth-order valence-electron chi connectivity index (χ4n) is 5.39. The summed E-state index contributed by atoms with van der Waals surface area (Å²) in [4.78, 5) is 12.1. The van der Waals surface area contributed by atoms with Gasteiger partial charge in [0.15, 0.2) is 0 Å². The van der Waals surface area contributed by atoms with Gasteiger partial charge in [-0.15, -0.1) is 0 Å². The minimum absolute atomic E-state index is 0.0143. The summed E-state index contributed by atoms with van der Waals surface area (Å²) in [5.41, 5.74) is 0. The third-order valence-electron chi connectivity index (χ3n) is 6.10. The van der Waals surface area contributed by atoms with Gasteiger partial charge in [-0.1, -0.05) is 13.3 Å². The van der Waals surface area contributed by atoms with E-state index in [1.807, 2.05) is 0 Å². The molecule has 0 spiro atoms. The summed E-state index contributed by atoms with van der Waals surface area (Å²) in [6.45, 7) is 4.50. The van der Waals surface area contributed by atoms with Crippen molar-refractivity contribution < 1.29 is 9.90 Å². The number of carbonyl (C=O) groups is 1. The number of aliphatic hydroxyl groups is 1. The first kappa shape index (κ1) is 15.1. The van der Waals surface area contributed by atoms with Crippen molar-refractivity contribution in [3.8, 4) is 0 Å². The molecule has 3 aliphatic rings. The Morgan fingerprint density at radius 3 is 2.71 bits per heavy atom. The van der Waals surface area contributed by atoms with E-state index in [1.54, 1.807) is 6.92 Å². The van der Waals surface area contributed by atoms with Crippen LogP contribution in [0.25, 0.3) is 0 Å². The average Bonchev–Trinajstić information content (AvgIpc) is 3.07. The van der Waals surface area contributed by atoms with Gasteiger partial charge >= 0.3 is 6.03 Å². The summed E-state index contributed by atoms with van der Waals surface area (Å²) in [7, 11) is 0. The Morgan fingerprint density at radius 1 is 1.19 bits per heavy atom. The standard InChI is InChI=1S/C17H30N2O2/c1-10(6-11(2)20)9-18-17(21)19-16-8-12-7-15(16)14-5-3-4-13(12)14/h10-16,20H,3-9H2,1-2H3,(H2,18,19,21). The Morgan fingerprint density at radius 2 is 1.95 bits per heavy atom. The SMILES string of the molecule is CC(O)CC(C)CNC(=O)NC1CC2CC1C1CCCC21. The fourth-order valence-corrected chi connectivity index (χ4v) is 5.39. The summed E-state index contributed by atoms with van der Waals surface area (Å²) in [6.07, 6.45) is 7.20. The van der Waals surface area contributed by atoms with E-state index >= 15 is 0 Å². The Kier molecular flexibility index (Phi) is 4.43. The van der Waals surface area contributed by atoms with Gasteiger partial charge in [-0.3, -0.25) is 0 Å². The van der Waals surface area contributed by atoms with Crippen LogP contribution in [-0.4, -0.2) is 29.8 Å². The summed E-state index contributed by atoms with van der Waals surface area (Å²) in [6, 6.07) is 0.390. The highest BCUT2D eigenvalue weighted by atomic mass is 16.3. The number of rotatable bonds is 5. The van der Waals surface area contributed by atoms with E-state index in [0.29, 0.717) is 18.5 Å². The van der Waals surface area contributed by atoms with Crippen LogP contribution in [0.1, 0.15) is 52.4 Å². The molecule has 2 amide bonds. The van der Waals surface area contributed by atoms with Gasteiger partial charge in [0, 0.05) is 12.6 Å². The Bertz CT molecular complexity index is 385. The van der Waals surface area contributed by atoms with Crippen LogP contribution in [0.5, 0.6) is 0 Å². The van der Waals surface area contributed by atoms with Crippen LogP contribution in [0.3, 0.4) is 0 Å². The van der Waals surface area contributed by atoms with Crippen molar-refractivity contribution in [3.05, 3.63) is 0 Å². The third kappa shape index (κ3) is 3.20. The maximum absolute atomic E-state index is 12.1. The van der Waals surface area contributed by atoms with Crippen molar-refractivity contribution in [2.45, 2.75) is 64.5 Å². The molecule has 4 nitrogen and oxygen atoms in total. The van der Waals surface area contributed by atoms with E-state index in [1.165, 1.54) is 32.1 Å². The minimum Gasteiger partial charge on any atom is -0.393 e. The van der Waals surface area contributed by atoms with Gasteiger partial charge in [-0.05, 0) is 68.6 Å². The molecule has 7 unspecified atom stereocenters. The molecule has 4 heteroatoms. The molecule has 7 atom stereocenters. The van der Waals surface area contributed by atoms with Crippen LogP contribution < -0.4 is 10.6 Å². The molecule has 0 aromatic rings. The van der Waals surface area contributed by atoms with Crippen molar-refractivity contribution in [1.82, 2.24) is 10.6 Å². The molecular formula is C17H30N2O2. The number of urea groups is 1. The zero-order valence-electron chi connectivity index (χ0n) is 13.3. The van der Waals surface area contributed by atoms with E-state index < -0.39 is 0 Å². The first-order chi connectivity index (χ1) is 10.0. The molecule has 0 saturated heterocycles. The summed E-state index contributed by atoms with van der Waals surface area (Å²) < 4.78 is 0. The number of aliphatic hydroxyl groups excluding tert-OH is 1. The lowest BCUT2D eigenvalue weighted by molar-refractivity contribution is 0.162. The monoisotopic (exact) mass is 294 g/mol. The van der Waals surface area contributed by atoms with E-state index in [4.69, 9.17) is 0 Å². The Hall–Kier alpha value is -0.770. The van der Waals surface area contributed by atoms with Gasteiger partial charge in [-0.25, -0.2) is 4.79 Å². The lowest BCUT2D eigenvalue weighted by atomic mass is 9.79. The van der Waals surface area contributed by atoms with E-state index in [-0.39, 0.29) is 12.1 Å². The Labute approximate surface area is 128 Å². The molecule has 0 aromatic heterocycles. The number of hydrogen-bond donors (Lipinski definition) is 3. The van der Waals surface area contributed by atoms with E-state index in [0.717, 1.165) is 30.1 Å². The minimum atomic E-state index is -0.297. The Balaban J connectivity index is 1.42. The predicted octanol–water partition coefficient (Wildman–Crippen LogP) is 2.52. The molecule has 3 rings (SSSR count). The third-order valence-corrected chi connectivity index (χ3v) is 6.10. The topological polar surface area (TPSA) is 61.4 Å². The van der Waals surface area contributed by atoms with Crippen LogP contribution in [0.15, 0.2) is 0 Å². The quantitative estimate of drug-likeness (QED) is 0.729. The summed E-state index contributed by atoms with van der Waals surface area (Å²) in [5, 5.41) is 15.5. The van der Waals surface area contributed by atoms with Gasteiger partial charge in [0.25, 0.3) is 0 Å². The normalized spacial score (nSPS) is 39.9. The number of nitrogens with one attached hydrogen (secondary N) is 2. The molecule has 3 fully saturated rings.